The van der Waals surface area contributed by atoms with E-state index in [9.17, 15) is 0 Å². The number of hydrogen-bond donors (Lipinski definition) is 4. The maximum absolute atomic E-state index is 9.10. The highest BCUT2D eigenvalue weighted by atomic mass is 16.5. The Morgan fingerprint density at radius 1 is 1.15 bits per heavy atom. The van der Waals surface area contributed by atoms with Gasteiger partial charge in [0.25, 0.3) is 0 Å². The van der Waals surface area contributed by atoms with Crippen LogP contribution in [0, 0.1) is 0 Å². The molecule has 27 heavy (non-hydrogen) atoms. The maximum atomic E-state index is 9.10. The Bertz CT molecular complexity index is 839. The van der Waals surface area contributed by atoms with Gasteiger partial charge in [0, 0.05) is 17.8 Å². The lowest BCUT2D eigenvalue weighted by Gasteiger charge is -2.18. The number of nitrogen functional groups attached to an aromatic ring is 1. The molecule has 142 valence electrons. The van der Waals surface area contributed by atoms with Gasteiger partial charge in [0.2, 0.25) is 0 Å². The van der Waals surface area contributed by atoms with E-state index >= 15 is 0 Å². The lowest BCUT2D eigenvalue weighted by atomic mass is 10.0. The summed E-state index contributed by atoms with van der Waals surface area (Å²) >= 11 is 0. The summed E-state index contributed by atoms with van der Waals surface area (Å²) in [7, 11) is 0. The number of nitrogens with two attached hydrogens (primary N) is 1. The number of nitrogens with one attached hydrogen (secondary N) is 1. The second-order valence-corrected chi connectivity index (χ2v) is 5.69. The van der Waals surface area contributed by atoms with E-state index in [4.69, 9.17) is 30.3 Å². The molecule has 0 aliphatic carbocycles. The van der Waals surface area contributed by atoms with Gasteiger partial charge in [-0.2, -0.15) is 0 Å². The summed E-state index contributed by atoms with van der Waals surface area (Å²) in [4.78, 5) is 22.6. The van der Waals surface area contributed by atoms with E-state index in [2.05, 4.69) is 10.3 Å². The maximum Gasteiger partial charge on any atom is 0.414 e. The number of carboxylic acids is 2. The van der Waals surface area contributed by atoms with E-state index in [1.807, 2.05) is 55.5 Å². The first kappa shape index (κ1) is 19.8. The van der Waals surface area contributed by atoms with E-state index < -0.39 is 11.9 Å². The molecule has 2 aromatic carbocycles. The molecule has 0 fully saturated rings. The van der Waals surface area contributed by atoms with Crippen molar-refractivity contribution in [3.05, 3.63) is 48.5 Å². The van der Waals surface area contributed by atoms with Crippen LogP contribution in [0.25, 0.3) is 11.1 Å². The average molecular weight is 371 g/mol. The lowest BCUT2D eigenvalue weighted by Crippen LogP contribution is -2.33. The number of ether oxygens (including phenoxy) is 1. The zero-order chi connectivity index (χ0) is 19.8. The molecular weight excluding hydrogens is 350 g/mol. The fourth-order valence-corrected chi connectivity index (χ4v) is 2.45. The number of benzene rings is 2. The third-order valence-corrected chi connectivity index (χ3v) is 3.66. The second-order valence-electron chi connectivity index (χ2n) is 5.69. The number of rotatable bonds is 4. The van der Waals surface area contributed by atoms with Crippen molar-refractivity contribution >= 4 is 23.5 Å². The smallest absolute Gasteiger partial charge is 0.414 e. The first-order valence-electron chi connectivity index (χ1n) is 8.24. The van der Waals surface area contributed by atoms with Crippen LogP contribution in [0.1, 0.15) is 6.92 Å². The molecule has 8 nitrogen and oxygen atoms in total. The largest absolute Gasteiger partial charge is 0.482 e. The van der Waals surface area contributed by atoms with Crippen molar-refractivity contribution in [3.63, 3.8) is 0 Å². The van der Waals surface area contributed by atoms with Crippen LogP contribution in [0.4, 0.5) is 5.69 Å². The summed E-state index contributed by atoms with van der Waals surface area (Å²) in [6, 6.07) is 15.8. The average Bonchev–Trinajstić information content (AvgIpc) is 3.17. The van der Waals surface area contributed by atoms with E-state index in [0.29, 0.717) is 0 Å². The SMILES string of the molecule is C[C@H](Oc1ccccc1-c1cccc(N)c1)C1=NCCN1.O=C(O)C(=O)O. The van der Waals surface area contributed by atoms with Crippen molar-refractivity contribution in [2.75, 3.05) is 18.8 Å². The summed E-state index contributed by atoms with van der Waals surface area (Å²) in [5.74, 6) is -1.89. The van der Waals surface area contributed by atoms with Crippen LogP contribution < -0.4 is 15.8 Å². The Morgan fingerprint density at radius 2 is 1.85 bits per heavy atom. The highest BCUT2D eigenvalue weighted by Gasteiger charge is 2.17. The summed E-state index contributed by atoms with van der Waals surface area (Å²) in [6.07, 6.45) is -0.0882. The van der Waals surface area contributed by atoms with Gasteiger partial charge in [-0.3, -0.25) is 4.99 Å². The molecule has 3 rings (SSSR count). The number of carbonyl (C=O) groups is 2. The topological polar surface area (TPSA) is 134 Å². The molecule has 2 aromatic rings. The highest BCUT2D eigenvalue weighted by Crippen LogP contribution is 2.31. The molecule has 5 N–H and O–H groups in total. The molecule has 0 aromatic heterocycles. The molecule has 0 spiro atoms. The molecule has 0 unspecified atom stereocenters. The van der Waals surface area contributed by atoms with Gasteiger partial charge in [-0.1, -0.05) is 30.3 Å². The molecule has 1 heterocycles. The molecule has 0 amide bonds. The van der Waals surface area contributed by atoms with Gasteiger partial charge in [0.05, 0.1) is 6.54 Å². The summed E-state index contributed by atoms with van der Waals surface area (Å²) < 4.78 is 6.09. The minimum Gasteiger partial charge on any atom is -0.482 e. The minimum atomic E-state index is -1.82. The number of anilines is 1. The fourth-order valence-electron chi connectivity index (χ4n) is 2.45. The predicted octanol–water partition coefficient (Wildman–Crippen LogP) is 1.86. The zero-order valence-corrected chi connectivity index (χ0v) is 14.8. The Hall–Kier alpha value is -3.55. The number of aliphatic carboxylic acids is 2. The monoisotopic (exact) mass is 371 g/mol. The number of amidine groups is 1. The van der Waals surface area contributed by atoms with E-state index in [1.54, 1.807) is 0 Å². The van der Waals surface area contributed by atoms with Crippen molar-refractivity contribution in [3.8, 4) is 16.9 Å². The summed E-state index contributed by atoms with van der Waals surface area (Å²) in [5.41, 5.74) is 8.72. The molecule has 0 radical (unpaired) electrons. The molecule has 0 bridgehead atoms. The molecule has 0 saturated carbocycles. The summed E-state index contributed by atoms with van der Waals surface area (Å²) in [5, 5.41) is 18.0. The van der Waals surface area contributed by atoms with Gasteiger partial charge in [0.1, 0.15) is 11.6 Å². The quantitative estimate of drug-likeness (QED) is 0.476. The molecular formula is C19H21N3O5. The van der Waals surface area contributed by atoms with Gasteiger partial charge in [-0.15, -0.1) is 0 Å². The minimum absolute atomic E-state index is 0.0882. The van der Waals surface area contributed by atoms with Gasteiger partial charge in [0.15, 0.2) is 6.10 Å². The van der Waals surface area contributed by atoms with Crippen molar-refractivity contribution in [1.82, 2.24) is 5.32 Å². The van der Waals surface area contributed by atoms with Gasteiger partial charge >= 0.3 is 11.9 Å². The molecule has 1 aliphatic rings. The third-order valence-electron chi connectivity index (χ3n) is 3.66. The van der Waals surface area contributed by atoms with E-state index in [-0.39, 0.29) is 6.10 Å². The number of carboxylic acid groups (broad SMARTS) is 2. The van der Waals surface area contributed by atoms with Gasteiger partial charge in [-0.05, 0) is 30.7 Å². The number of hydrogen-bond acceptors (Lipinski definition) is 6. The van der Waals surface area contributed by atoms with Crippen LogP contribution in [0.3, 0.4) is 0 Å². The van der Waals surface area contributed by atoms with Crippen LogP contribution in [-0.2, 0) is 9.59 Å². The van der Waals surface area contributed by atoms with Gasteiger partial charge < -0.3 is 26.0 Å². The first-order valence-corrected chi connectivity index (χ1v) is 8.24. The van der Waals surface area contributed by atoms with E-state index in [0.717, 1.165) is 41.5 Å². The van der Waals surface area contributed by atoms with Crippen LogP contribution in [0.5, 0.6) is 5.75 Å². The fraction of sp³-hybridized carbons (Fsp3) is 0.211. The Kier molecular flexibility index (Phi) is 6.76. The standard InChI is InChI=1S/C17H19N3O.C2H2O4/c1-12(17-19-9-10-20-17)21-16-8-3-2-7-15(16)13-5-4-6-14(18)11-13;3-1(4)2(5)6/h2-8,11-12H,9-10,18H2,1H3,(H,19,20);(H,3,4)(H,5,6)/t12-;/m0./s1. The van der Waals surface area contributed by atoms with Crippen molar-refractivity contribution < 1.29 is 24.5 Å². The van der Waals surface area contributed by atoms with E-state index in [1.165, 1.54) is 0 Å². The van der Waals surface area contributed by atoms with Crippen LogP contribution in [0.15, 0.2) is 53.5 Å². The number of para-hydroxylation sites is 1. The second kappa shape index (κ2) is 9.23. The first-order chi connectivity index (χ1) is 12.9. The van der Waals surface area contributed by atoms with Crippen molar-refractivity contribution in [2.24, 2.45) is 4.99 Å². The molecule has 0 saturated heterocycles. The van der Waals surface area contributed by atoms with Crippen LogP contribution >= 0.6 is 0 Å². The number of aliphatic imine (C=N–C) groups is 1. The van der Waals surface area contributed by atoms with Crippen LogP contribution in [0.2, 0.25) is 0 Å². The highest BCUT2D eigenvalue weighted by molar-refractivity contribution is 6.27. The third kappa shape index (κ3) is 5.74. The number of nitrogens with zero attached hydrogens (tertiary/aromatic N) is 1. The lowest BCUT2D eigenvalue weighted by molar-refractivity contribution is -0.159. The summed E-state index contributed by atoms with van der Waals surface area (Å²) in [6.45, 7) is 3.72. The van der Waals surface area contributed by atoms with Crippen molar-refractivity contribution in [1.29, 1.82) is 0 Å². The molecule has 1 atom stereocenters. The predicted molar refractivity (Wildman–Crippen MR) is 102 cm³/mol. The Morgan fingerprint density at radius 3 is 2.44 bits per heavy atom. The normalized spacial score (nSPS) is 13.4. The molecule has 8 heteroatoms. The zero-order valence-electron chi connectivity index (χ0n) is 14.8. The van der Waals surface area contributed by atoms with Crippen molar-refractivity contribution in [2.45, 2.75) is 13.0 Å². The molecule has 1 aliphatic heterocycles. The van der Waals surface area contributed by atoms with Gasteiger partial charge in [-0.25, -0.2) is 9.59 Å². The Balaban J connectivity index is 0.000000380. The van der Waals surface area contributed by atoms with Crippen LogP contribution in [-0.4, -0.2) is 47.2 Å². The Labute approximate surface area is 156 Å².